The molecular formula is C22H34. The van der Waals surface area contributed by atoms with Crippen molar-refractivity contribution >= 4 is 0 Å². The minimum atomic E-state index is 0.382. The van der Waals surface area contributed by atoms with Crippen molar-refractivity contribution < 1.29 is 0 Å². The van der Waals surface area contributed by atoms with Gasteiger partial charge in [0, 0.05) is 0 Å². The Morgan fingerprint density at radius 2 is 1.68 bits per heavy atom. The first-order valence-electron chi connectivity index (χ1n) is 8.42. The monoisotopic (exact) mass is 298 g/mol. The molecule has 0 heteroatoms. The molecule has 0 saturated carbocycles. The van der Waals surface area contributed by atoms with Crippen LogP contribution in [0.2, 0.25) is 0 Å². The maximum atomic E-state index is 4.16. The van der Waals surface area contributed by atoms with Crippen LogP contribution in [0.15, 0.2) is 58.7 Å². The van der Waals surface area contributed by atoms with E-state index >= 15 is 0 Å². The first kappa shape index (κ1) is 18.7. The second kappa shape index (κ2) is 7.31. The van der Waals surface area contributed by atoms with Gasteiger partial charge >= 0.3 is 0 Å². The van der Waals surface area contributed by atoms with Gasteiger partial charge in [0.05, 0.1) is 0 Å². The first-order valence-corrected chi connectivity index (χ1v) is 8.42. The smallest absolute Gasteiger partial charge is 0.0228 e. The van der Waals surface area contributed by atoms with Gasteiger partial charge in [-0.2, -0.15) is 0 Å². The average molecular weight is 299 g/mol. The highest BCUT2D eigenvalue weighted by molar-refractivity contribution is 5.47. The molecule has 0 aromatic carbocycles. The van der Waals surface area contributed by atoms with E-state index in [1.54, 1.807) is 5.57 Å². The van der Waals surface area contributed by atoms with Crippen molar-refractivity contribution in [2.75, 3.05) is 0 Å². The molecule has 0 radical (unpaired) electrons. The summed E-state index contributed by atoms with van der Waals surface area (Å²) < 4.78 is 0. The summed E-state index contributed by atoms with van der Waals surface area (Å²) in [7, 11) is 0. The van der Waals surface area contributed by atoms with Crippen molar-refractivity contribution in [3.05, 3.63) is 58.7 Å². The third-order valence-corrected chi connectivity index (χ3v) is 4.97. The molecule has 1 aliphatic carbocycles. The van der Waals surface area contributed by atoms with Crippen molar-refractivity contribution in [1.29, 1.82) is 0 Å². The van der Waals surface area contributed by atoms with E-state index in [1.807, 2.05) is 0 Å². The third-order valence-electron chi connectivity index (χ3n) is 4.97. The topological polar surface area (TPSA) is 0 Å². The minimum Gasteiger partial charge on any atom is -0.0958 e. The van der Waals surface area contributed by atoms with Crippen LogP contribution in [0, 0.1) is 11.3 Å². The summed E-state index contributed by atoms with van der Waals surface area (Å²) in [6.07, 6.45) is 8.32. The summed E-state index contributed by atoms with van der Waals surface area (Å²) in [6, 6.07) is 0. The van der Waals surface area contributed by atoms with Gasteiger partial charge in [0.2, 0.25) is 0 Å². The normalized spacial score (nSPS) is 21.1. The van der Waals surface area contributed by atoms with Crippen LogP contribution < -0.4 is 0 Å². The summed E-state index contributed by atoms with van der Waals surface area (Å²) >= 11 is 0. The van der Waals surface area contributed by atoms with Gasteiger partial charge in [0.25, 0.3) is 0 Å². The lowest BCUT2D eigenvalue weighted by Gasteiger charge is -2.35. The van der Waals surface area contributed by atoms with E-state index in [-0.39, 0.29) is 0 Å². The molecule has 0 amide bonds. The molecule has 0 bridgehead atoms. The van der Waals surface area contributed by atoms with Gasteiger partial charge in [0.1, 0.15) is 0 Å². The highest BCUT2D eigenvalue weighted by Gasteiger charge is 2.28. The Morgan fingerprint density at radius 3 is 2.14 bits per heavy atom. The van der Waals surface area contributed by atoms with Crippen molar-refractivity contribution in [2.24, 2.45) is 11.3 Å². The molecule has 0 saturated heterocycles. The Labute approximate surface area is 138 Å². The zero-order valence-electron chi connectivity index (χ0n) is 15.8. The maximum absolute atomic E-state index is 4.16. The van der Waals surface area contributed by atoms with E-state index in [9.17, 15) is 0 Å². The van der Waals surface area contributed by atoms with Crippen molar-refractivity contribution in [2.45, 2.75) is 67.7 Å². The number of hydrogen-bond acceptors (Lipinski definition) is 0. The molecule has 1 rings (SSSR count). The fraction of sp³-hybridized carbons (Fsp3) is 0.545. The van der Waals surface area contributed by atoms with E-state index in [4.69, 9.17) is 0 Å². The predicted octanol–water partition coefficient (Wildman–Crippen LogP) is 7.17. The lowest BCUT2D eigenvalue weighted by Crippen LogP contribution is -2.23. The van der Waals surface area contributed by atoms with Crippen molar-refractivity contribution in [3.63, 3.8) is 0 Å². The van der Waals surface area contributed by atoms with Gasteiger partial charge in [-0.15, -0.1) is 0 Å². The molecule has 22 heavy (non-hydrogen) atoms. The molecule has 0 nitrogen and oxygen atoms in total. The Kier molecular flexibility index (Phi) is 6.23. The molecule has 0 aliphatic heterocycles. The first-order chi connectivity index (χ1) is 10.0. The fourth-order valence-corrected chi connectivity index (χ4v) is 2.85. The van der Waals surface area contributed by atoms with Gasteiger partial charge in [-0.1, -0.05) is 62.8 Å². The standard InChI is InChI=1S/C22H34/c1-15(2)18(6)12-19(16(3)4)13-20-14-21(22(7,8)9)11-10-17(20)5/h12-13,21H,1,3,10-11,14H2,2,4-9H3/b18-12+,19-13-. The highest BCUT2D eigenvalue weighted by Crippen LogP contribution is 2.41. The summed E-state index contributed by atoms with van der Waals surface area (Å²) in [5.41, 5.74) is 8.15. The lowest BCUT2D eigenvalue weighted by atomic mass is 9.70. The summed E-state index contributed by atoms with van der Waals surface area (Å²) in [5.74, 6) is 0.764. The third kappa shape index (κ3) is 5.16. The Hall–Kier alpha value is -1.30. The largest absolute Gasteiger partial charge is 0.0958 e. The molecule has 1 atom stereocenters. The molecule has 0 N–H and O–H groups in total. The number of rotatable bonds is 4. The van der Waals surface area contributed by atoms with Crippen molar-refractivity contribution in [1.82, 2.24) is 0 Å². The molecule has 1 aliphatic rings. The minimum absolute atomic E-state index is 0.382. The fourth-order valence-electron chi connectivity index (χ4n) is 2.85. The lowest BCUT2D eigenvalue weighted by molar-refractivity contribution is 0.217. The average Bonchev–Trinajstić information content (AvgIpc) is 2.38. The molecule has 1 unspecified atom stereocenters. The Bertz CT molecular complexity index is 541. The Balaban J connectivity index is 3.17. The van der Waals surface area contributed by atoms with E-state index in [2.05, 4.69) is 73.8 Å². The van der Waals surface area contributed by atoms with Gasteiger partial charge < -0.3 is 0 Å². The van der Waals surface area contributed by atoms with Crippen LogP contribution in [-0.2, 0) is 0 Å². The molecule has 0 heterocycles. The van der Waals surface area contributed by atoms with E-state index in [1.165, 1.54) is 36.0 Å². The van der Waals surface area contributed by atoms with Gasteiger partial charge in [0.15, 0.2) is 0 Å². The highest BCUT2D eigenvalue weighted by atomic mass is 14.3. The van der Waals surface area contributed by atoms with Crippen LogP contribution in [0.4, 0.5) is 0 Å². The van der Waals surface area contributed by atoms with Gasteiger partial charge in [-0.05, 0) is 75.0 Å². The summed E-state index contributed by atoms with van der Waals surface area (Å²) in [5, 5.41) is 0. The van der Waals surface area contributed by atoms with Crippen LogP contribution in [-0.4, -0.2) is 0 Å². The van der Waals surface area contributed by atoms with Crippen LogP contribution >= 0.6 is 0 Å². The second-order valence-electron chi connectivity index (χ2n) is 8.10. The van der Waals surface area contributed by atoms with E-state index in [0.717, 1.165) is 17.1 Å². The number of hydrogen-bond donors (Lipinski definition) is 0. The van der Waals surface area contributed by atoms with Gasteiger partial charge in [-0.3, -0.25) is 0 Å². The van der Waals surface area contributed by atoms with Gasteiger partial charge in [-0.25, -0.2) is 0 Å². The maximum Gasteiger partial charge on any atom is -0.0228 e. The van der Waals surface area contributed by atoms with E-state index < -0.39 is 0 Å². The van der Waals surface area contributed by atoms with Crippen molar-refractivity contribution in [3.8, 4) is 0 Å². The SMILES string of the molecule is C=C(C)C(=C\C1=C(C)CCC(C(C)(C)C)C1)/C=C(\C)C(=C)C. The van der Waals surface area contributed by atoms with E-state index in [0.29, 0.717) is 5.41 Å². The molecule has 0 spiro atoms. The van der Waals surface area contributed by atoms with Crippen LogP contribution in [0.3, 0.4) is 0 Å². The zero-order chi connectivity index (χ0) is 17.1. The second-order valence-corrected chi connectivity index (χ2v) is 8.10. The number of allylic oxidation sites excluding steroid dienone is 8. The molecule has 0 fully saturated rings. The summed E-state index contributed by atoms with van der Waals surface area (Å²) in [4.78, 5) is 0. The summed E-state index contributed by atoms with van der Waals surface area (Å²) in [6.45, 7) is 23.9. The predicted molar refractivity (Wildman–Crippen MR) is 101 cm³/mol. The quantitative estimate of drug-likeness (QED) is 0.482. The van der Waals surface area contributed by atoms with Crippen LogP contribution in [0.5, 0.6) is 0 Å². The molecule has 122 valence electrons. The Morgan fingerprint density at radius 1 is 1.09 bits per heavy atom. The van der Waals surface area contributed by atoms with Crippen LogP contribution in [0.25, 0.3) is 0 Å². The van der Waals surface area contributed by atoms with Crippen LogP contribution in [0.1, 0.15) is 67.7 Å². The zero-order valence-corrected chi connectivity index (χ0v) is 15.8. The molecule has 0 aromatic rings. The molecular weight excluding hydrogens is 264 g/mol. The molecule has 0 aromatic heterocycles.